The Kier molecular flexibility index (Phi) is 3.01. The van der Waals surface area contributed by atoms with E-state index in [-0.39, 0.29) is 5.41 Å². The summed E-state index contributed by atoms with van der Waals surface area (Å²) in [5, 5.41) is 11.1. The van der Waals surface area contributed by atoms with Crippen molar-refractivity contribution in [2.75, 3.05) is 0 Å². The Bertz CT molecular complexity index is 480. The van der Waals surface area contributed by atoms with Crippen LogP contribution in [-0.2, 0) is 0 Å². The highest BCUT2D eigenvalue weighted by molar-refractivity contribution is 5.27. The Balaban J connectivity index is 1.87. The molecule has 0 heterocycles. The normalized spacial score (nSPS) is 42.1. The number of hydrogen-bond acceptors (Lipinski definition) is 1. The molecule has 0 saturated heterocycles. The van der Waals surface area contributed by atoms with Crippen molar-refractivity contribution in [2.45, 2.75) is 64.4 Å². The Morgan fingerprint density at radius 1 is 1.21 bits per heavy atom. The predicted octanol–water partition coefficient (Wildman–Crippen LogP) is 4.43. The summed E-state index contributed by atoms with van der Waals surface area (Å²) >= 11 is 0. The van der Waals surface area contributed by atoms with Gasteiger partial charge in [0, 0.05) is 0 Å². The van der Waals surface area contributed by atoms with Gasteiger partial charge in [-0.3, -0.25) is 0 Å². The van der Waals surface area contributed by atoms with Crippen LogP contribution in [0.5, 0.6) is 0 Å². The van der Waals surface area contributed by atoms with Gasteiger partial charge in [-0.1, -0.05) is 43.7 Å². The molecule has 1 aromatic rings. The lowest BCUT2D eigenvalue weighted by molar-refractivity contribution is -0.102. The van der Waals surface area contributed by atoms with Crippen LogP contribution in [0.15, 0.2) is 24.3 Å². The molecule has 0 spiro atoms. The summed E-state index contributed by atoms with van der Waals surface area (Å²) in [6.45, 7) is 6.80. The van der Waals surface area contributed by atoms with E-state index in [1.54, 1.807) is 0 Å². The lowest BCUT2D eigenvalue weighted by Gasteiger charge is -2.49. The standard InChI is InChI=1S/C18H26O/c1-13-5-4-6-15(11-13)16-8-9-17(3)14(2)7-10-18(17,19)12-16/h4-6,11,14,16,19H,7-10,12H2,1-3H3. The van der Waals surface area contributed by atoms with Crippen molar-refractivity contribution in [1.82, 2.24) is 0 Å². The van der Waals surface area contributed by atoms with Gasteiger partial charge in [0.15, 0.2) is 0 Å². The van der Waals surface area contributed by atoms with Crippen LogP contribution >= 0.6 is 0 Å². The van der Waals surface area contributed by atoms with Crippen molar-refractivity contribution in [1.29, 1.82) is 0 Å². The zero-order valence-corrected chi connectivity index (χ0v) is 12.4. The minimum atomic E-state index is -0.431. The minimum absolute atomic E-state index is 0.146. The molecular formula is C18H26O. The summed E-state index contributed by atoms with van der Waals surface area (Å²) in [4.78, 5) is 0. The van der Waals surface area contributed by atoms with E-state index in [9.17, 15) is 5.11 Å². The van der Waals surface area contributed by atoms with Gasteiger partial charge in [-0.15, -0.1) is 0 Å². The molecule has 1 nitrogen and oxygen atoms in total. The maximum Gasteiger partial charge on any atom is 0.0709 e. The highest BCUT2D eigenvalue weighted by atomic mass is 16.3. The summed E-state index contributed by atoms with van der Waals surface area (Å²) in [6, 6.07) is 8.85. The molecule has 4 atom stereocenters. The first-order chi connectivity index (χ1) is 8.95. The van der Waals surface area contributed by atoms with Crippen LogP contribution in [0.25, 0.3) is 0 Å². The summed E-state index contributed by atoms with van der Waals surface area (Å²) in [7, 11) is 0. The lowest BCUT2D eigenvalue weighted by atomic mass is 9.59. The van der Waals surface area contributed by atoms with Crippen molar-refractivity contribution >= 4 is 0 Å². The Morgan fingerprint density at radius 2 is 2.00 bits per heavy atom. The molecule has 2 aliphatic rings. The summed E-state index contributed by atoms with van der Waals surface area (Å²) in [5.74, 6) is 1.21. The molecule has 0 aliphatic heterocycles. The van der Waals surface area contributed by atoms with E-state index in [4.69, 9.17) is 0 Å². The second-order valence-electron chi connectivity index (χ2n) is 7.24. The van der Waals surface area contributed by atoms with Crippen molar-refractivity contribution in [2.24, 2.45) is 11.3 Å². The van der Waals surface area contributed by atoms with Gasteiger partial charge < -0.3 is 5.11 Å². The first-order valence-electron chi connectivity index (χ1n) is 7.74. The number of hydrogen-bond donors (Lipinski definition) is 1. The van der Waals surface area contributed by atoms with Crippen LogP contribution in [0.1, 0.15) is 63.0 Å². The van der Waals surface area contributed by atoms with Crippen LogP contribution in [-0.4, -0.2) is 10.7 Å². The fraction of sp³-hybridized carbons (Fsp3) is 0.667. The molecule has 4 unspecified atom stereocenters. The maximum absolute atomic E-state index is 11.1. The quantitative estimate of drug-likeness (QED) is 0.790. The summed E-state index contributed by atoms with van der Waals surface area (Å²) < 4.78 is 0. The molecular weight excluding hydrogens is 232 g/mol. The first-order valence-corrected chi connectivity index (χ1v) is 7.74. The minimum Gasteiger partial charge on any atom is -0.389 e. The highest BCUT2D eigenvalue weighted by Crippen LogP contribution is 2.60. The number of aliphatic hydroxyl groups is 1. The van der Waals surface area contributed by atoms with E-state index >= 15 is 0 Å². The third-order valence-electron chi connectivity index (χ3n) is 6.25. The van der Waals surface area contributed by atoms with Crippen molar-refractivity contribution in [3.05, 3.63) is 35.4 Å². The van der Waals surface area contributed by atoms with E-state index < -0.39 is 5.60 Å². The lowest BCUT2D eigenvalue weighted by Crippen LogP contribution is -2.48. The first kappa shape index (κ1) is 13.2. The van der Waals surface area contributed by atoms with Gasteiger partial charge in [0.05, 0.1) is 5.60 Å². The monoisotopic (exact) mass is 258 g/mol. The average molecular weight is 258 g/mol. The van der Waals surface area contributed by atoms with Crippen LogP contribution in [0.4, 0.5) is 0 Å². The van der Waals surface area contributed by atoms with Gasteiger partial charge in [-0.25, -0.2) is 0 Å². The van der Waals surface area contributed by atoms with Gasteiger partial charge >= 0.3 is 0 Å². The molecule has 0 aromatic heterocycles. The zero-order chi connectivity index (χ0) is 13.7. The van der Waals surface area contributed by atoms with Gasteiger partial charge in [0.1, 0.15) is 0 Å². The average Bonchev–Trinajstić information content (AvgIpc) is 2.62. The molecule has 0 bridgehead atoms. The van der Waals surface area contributed by atoms with E-state index in [2.05, 4.69) is 45.0 Å². The second-order valence-corrected chi connectivity index (χ2v) is 7.24. The third-order valence-corrected chi connectivity index (χ3v) is 6.25. The largest absolute Gasteiger partial charge is 0.389 e. The molecule has 0 amide bonds. The van der Waals surface area contributed by atoms with E-state index in [0.29, 0.717) is 11.8 Å². The Hall–Kier alpha value is -0.820. The fourth-order valence-electron chi connectivity index (χ4n) is 4.52. The third kappa shape index (κ3) is 1.94. The number of rotatable bonds is 1. The number of fused-ring (bicyclic) bond motifs is 1. The zero-order valence-electron chi connectivity index (χ0n) is 12.4. The second kappa shape index (κ2) is 4.34. The Labute approximate surface area is 117 Å². The van der Waals surface area contributed by atoms with Crippen molar-refractivity contribution in [3.63, 3.8) is 0 Å². The van der Waals surface area contributed by atoms with E-state index in [0.717, 1.165) is 12.8 Å². The smallest absolute Gasteiger partial charge is 0.0709 e. The molecule has 3 rings (SSSR count). The topological polar surface area (TPSA) is 20.2 Å². The molecule has 2 aliphatic carbocycles. The Morgan fingerprint density at radius 3 is 2.74 bits per heavy atom. The molecule has 2 saturated carbocycles. The maximum atomic E-state index is 11.1. The molecule has 104 valence electrons. The van der Waals surface area contributed by atoms with E-state index in [1.165, 1.54) is 30.4 Å². The number of aryl methyl sites for hydroxylation is 1. The highest BCUT2D eigenvalue weighted by Gasteiger charge is 2.57. The van der Waals surface area contributed by atoms with Gasteiger partial charge in [0.25, 0.3) is 0 Å². The molecule has 19 heavy (non-hydrogen) atoms. The van der Waals surface area contributed by atoms with Crippen LogP contribution in [0.2, 0.25) is 0 Å². The van der Waals surface area contributed by atoms with Gasteiger partial charge in [-0.05, 0) is 61.8 Å². The van der Waals surface area contributed by atoms with Crippen LogP contribution in [0.3, 0.4) is 0 Å². The van der Waals surface area contributed by atoms with Crippen LogP contribution in [0, 0.1) is 18.3 Å². The molecule has 1 heteroatoms. The SMILES string of the molecule is Cc1cccc(C2CCC3(C)C(C)CCC3(O)C2)c1. The molecule has 2 fully saturated rings. The van der Waals surface area contributed by atoms with Gasteiger partial charge in [0.2, 0.25) is 0 Å². The van der Waals surface area contributed by atoms with Crippen molar-refractivity contribution < 1.29 is 5.11 Å². The number of benzene rings is 1. The summed E-state index contributed by atoms with van der Waals surface area (Å²) in [5.41, 5.74) is 2.47. The fourth-order valence-corrected chi connectivity index (χ4v) is 4.52. The van der Waals surface area contributed by atoms with E-state index in [1.807, 2.05) is 0 Å². The van der Waals surface area contributed by atoms with Crippen molar-refractivity contribution in [3.8, 4) is 0 Å². The summed E-state index contributed by atoms with van der Waals surface area (Å²) in [6.07, 6.45) is 5.54. The molecule has 0 radical (unpaired) electrons. The van der Waals surface area contributed by atoms with Crippen LogP contribution < -0.4 is 0 Å². The molecule has 1 aromatic carbocycles. The predicted molar refractivity (Wildman–Crippen MR) is 79.2 cm³/mol. The molecule has 1 N–H and O–H groups in total. The van der Waals surface area contributed by atoms with Gasteiger partial charge in [-0.2, -0.15) is 0 Å².